The fraction of sp³-hybridized carbons (Fsp3) is 0.412. The minimum atomic E-state index is -0.923. The summed E-state index contributed by atoms with van der Waals surface area (Å²) in [5.41, 5.74) is 1.79. The molecule has 1 saturated heterocycles. The van der Waals surface area contributed by atoms with E-state index >= 15 is 0 Å². The van der Waals surface area contributed by atoms with Crippen LogP contribution in [0.15, 0.2) is 24.4 Å². The monoisotopic (exact) mass is 387 g/mol. The molecule has 2 aliphatic rings. The van der Waals surface area contributed by atoms with Gasteiger partial charge in [-0.25, -0.2) is 4.79 Å². The maximum Gasteiger partial charge on any atom is 0.326 e. The molecule has 1 aliphatic heterocycles. The van der Waals surface area contributed by atoms with Gasteiger partial charge in [0.15, 0.2) is 5.82 Å². The summed E-state index contributed by atoms with van der Waals surface area (Å²) in [6, 6.07) is 4.96. The van der Waals surface area contributed by atoms with Crippen LogP contribution in [0.4, 0.5) is 17.7 Å². The second kappa shape index (κ2) is 6.12. The molecule has 140 valence electrons. The first-order chi connectivity index (χ1) is 13.1. The Labute approximate surface area is 159 Å². The molecule has 2 atom stereocenters. The number of rotatable bonds is 5. The zero-order chi connectivity index (χ0) is 18.5. The minimum Gasteiger partial charge on any atom is -0.480 e. The van der Waals surface area contributed by atoms with Crippen LogP contribution in [0, 0.1) is 0 Å². The van der Waals surface area contributed by atoms with Crippen molar-refractivity contribution < 1.29 is 9.90 Å². The zero-order valence-electron chi connectivity index (χ0n) is 14.3. The van der Waals surface area contributed by atoms with Gasteiger partial charge >= 0.3 is 5.97 Å². The predicted octanol–water partition coefficient (Wildman–Crippen LogP) is 2.34. The van der Waals surface area contributed by atoms with Crippen molar-refractivity contribution in [3.8, 4) is 0 Å². The summed E-state index contributed by atoms with van der Waals surface area (Å²) in [4.78, 5) is 22.3. The van der Waals surface area contributed by atoms with Crippen molar-refractivity contribution in [1.82, 2.24) is 24.6 Å². The van der Waals surface area contributed by atoms with Crippen LogP contribution in [0.5, 0.6) is 0 Å². The number of hydrogen-bond acceptors (Lipinski definition) is 6. The number of aromatic amines is 1. The van der Waals surface area contributed by atoms with E-state index in [0.29, 0.717) is 42.2 Å². The maximum atomic E-state index is 11.6. The molecule has 2 fully saturated rings. The SMILES string of the molecule is O=C(O)C1CC(Cl)CN1c1nc(Nc2cc(C3CC3)[nH]n2)n2cccc2n1. The molecule has 0 spiro atoms. The maximum absolute atomic E-state index is 11.6. The first-order valence-electron chi connectivity index (χ1n) is 8.89. The summed E-state index contributed by atoms with van der Waals surface area (Å²) in [5, 5.41) is 19.8. The van der Waals surface area contributed by atoms with Crippen LogP contribution in [0.25, 0.3) is 5.65 Å². The van der Waals surface area contributed by atoms with Crippen LogP contribution < -0.4 is 10.2 Å². The smallest absolute Gasteiger partial charge is 0.326 e. The largest absolute Gasteiger partial charge is 0.480 e. The van der Waals surface area contributed by atoms with Crippen LogP contribution in [-0.2, 0) is 4.79 Å². The Bertz CT molecular complexity index is 1010. The molecule has 2 unspecified atom stereocenters. The lowest BCUT2D eigenvalue weighted by Gasteiger charge is -2.22. The van der Waals surface area contributed by atoms with Gasteiger partial charge in [0, 0.05) is 30.4 Å². The Kier molecular flexibility index (Phi) is 3.71. The van der Waals surface area contributed by atoms with Crippen molar-refractivity contribution in [2.24, 2.45) is 0 Å². The number of halogens is 1. The quantitative estimate of drug-likeness (QED) is 0.576. The van der Waals surface area contributed by atoms with Crippen molar-refractivity contribution >= 4 is 40.9 Å². The Morgan fingerprint density at radius 2 is 2.22 bits per heavy atom. The van der Waals surface area contributed by atoms with Crippen molar-refractivity contribution in [1.29, 1.82) is 0 Å². The Balaban J connectivity index is 1.51. The number of nitrogens with one attached hydrogen (secondary N) is 2. The first-order valence-corrected chi connectivity index (χ1v) is 9.33. The summed E-state index contributed by atoms with van der Waals surface area (Å²) in [6.07, 6.45) is 4.58. The van der Waals surface area contributed by atoms with E-state index in [-0.39, 0.29) is 5.38 Å². The van der Waals surface area contributed by atoms with Crippen LogP contribution in [-0.4, -0.2) is 53.6 Å². The third kappa shape index (κ3) is 2.97. The molecule has 0 amide bonds. The molecule has 5 rings (SSSR count). The average Bonchev–Trinajstić information content (AvgIpc) is 3.05. The number of aromatic nitrogens is 5. The number of hydrogen-bond donors (Lipinski definition) is 3. The lowest BCUT2D eigenvalue weighted by Crippen LogP contribution is -2.37. The third-order valence-electron chi connectivity index (χ3n) is 5.02. The highest BCUT2D eigenvalue weighted by molar-refractivity contribution is 6.21. The number of H-pyrrole nitrogens is 1. The molecule has 4 heterocycles. The van der Waals surface area contributed by atoms with E-state index in [4.69, 9.17) is 11.6 Å². The highest BCUT2D eigenvalue weighted by Gasteiger charge is 2.38. The van der Waals surface area contributed by atoms with E-state index in [0.717, 1.165) is 5.69 Å². The van der Waals surface area contributed by atoms with Gasteiger partial charge < -0.3 is 15.3 Å². The van der Waals surface area contributed by atoms with E-state index < -0.39 is 12.0 Å². The van der Waals surface area contributed by atoms with E-state index in [9.17, 15) is 9.90 Å². The number of fused-ring (bicyclic) bond motifs is 1. The van der Waals surface area contributed by atoms with Gasteiger partial charge in [0.25, 0.3) is 0 Å². The van der Waals surface area contributed by atoms with Gasteiger partial charge in [-0.05, 0) is 31.4 Å². The van der Waals surface area contributed by atoms with Crippen LogP contribution >= 0.6 is 11.6 Å². The van der Waals surface area contributed by atoms with Crippen molar-refractivity contribution in [3.63, 3.8) is 0 Å². The summed E-state index contributed by atoms with van der Waals surface area (Å²) >= 11 is 6.21. The van der Waals surface area contributed by atoms with E-state index in [1.165, 1.54) is 12.8 Å². The number of anilines is 3. The second-order valence-corrected chi connectivity index (χ2v) is 7.65. The normalized spacial score (nSPS) is 22.5. The minimum absolute atomic E-state index is 0.249. The van der Waals surface area contributed by atoms with Gasteiger partial charge in [0.05, 0.1) is 5.38 Å². The molecule has 27 heavy (non-hydrogen) atoms. The number of nitrogens with zero attached hydrogens (tertiary/aromatic N) is 5. The molecule has 1 saturated carbocycles. The number of carbonyl (C=O) groups is 1. The summed E-state index contributed by atoms with van der Waals surface area (Å²) in [7, 11) is 0. The van der Waals surface area contributed by atoms with Crippen molar-refractivity contribution in [2.45, 2.75) is 36.6 Å². The fourth-order valence-electron chi connectivity index (χ4n) is 3.49. The molecule has 3 N–H and O–H groups in total. The first kappa shape index (κ1) is 16.4. The van der Waals surface area contributed by atoms with Crippen molar-refractivity contribution in [3.05, 3.63) is 30.1 Å². The average molecular weight is 388 g/mol. The highest BCUT2D eigenvalue weighted by atomic mass is 35.5. The van der Waals surface area contributed by atoms with Gasteiger partial charge in [-0.1, -0.05) is 0 Å². The number of carboxylic acids is 1. The van der Waals surface area contributed by atoms with E-state index in [2.05, 4.69) is 25.5 Å². The molecule has 1 aliphatic carbocycles. The molecular weight excluding hydrogens is 370 g/mol. The molecular formula is C17H18ClN7O2. The van der Waals surface area contributed by atoms with Crippen LogP contribution in [0.1, 0.15) is 30.9 Å². The molecule has 0 bridgehead atoms. The van der Waals surface area contributed by atoms with Gasteiger partial charge in [0.1, 0.15) is 11.7 Å². The van der Waals surface area contributed by atoms with Crippen molar-refractivity contribution in [2.75, 3.05) is 16.8 Å². The van der Waals surface area contributed by atoms with E-state index in [1.807, 2.05) is 24.4 Å². The Morgan fingerprint density at radius 1 is 1.37 bits per heavy atom. The predicted molar refractivity (Wildman–Crippen MR) is 99.9 cm³/mol. The third-order valence-corrected chi connectivity index (χ3v) is 5.34. The topological polar surface area (TPSA) is 111 Å². The van der Waals surface area contributed by atoms with Crippen LogP contribution in [0.3, 0.4) is 0 Å². The molecule has 3 aromatic rings. The van der Waals surface area contributed by atoms with Gasteiger partial charge in [-0.3, -0.25) is 9.50 Å². The molecule has 0 radical (unpaired) electrons. The second-order valence-electron chi connectivity index (χ2n) is 7.03. The Morgan fingerprint density at radius 3 is 3.00 bits per heavy atom. The standard InChI is InChI=1S/C17H18ClN7O2/c18-10-6-12(15(26)27)25(8-10)17-20-14-2-1-5-24(14)16(21-17)19-13-7-11(22-23-13)9-3-4-9/h1-2,5,7,9-10,12H,3-4,6,8H2,(H,26,27)(H2,19,20,21,22,23). The number of alkyl halides is 1. The zero-order valence-corrected chi connectivity index (χ0v) is 15.1. The lowest BCUT2D eigenvalue weighted by atomic mass is 10.2. The van der Waals surface area contributed by atoms with Crippen LogP contribution in [0.2, 0.25) is 0 Å². The van der Waals surface area contributed by atoms with Gasteiger partial charge in [-0.2, -0.15) is 15.1 Å². The molecule has 0 aromatic carbocycles. The number of carboxylic acid groups (broad SMARTS) is 1. The summed E-state index contributed by atoms with van der Waals surface area (Å²) < 4.78 is 1.80. The number of aliphatic carboxylic acids is 1. The lowest BCUT2D eigenvalue weighted by molar-refractivity contribution is -0.138. The molecule has 3 aromatic heterocycles. The summed E-state index contributed by atoms with van der Waals surface area (Å²) in [6.45, 7) is 0.392. The molecule has 9 nitrogen and oxygen atoms in total. The van der Waals surface area contributed by atoms with Gasteiger partial charge in [-0.15, -0.1) is 11.6 Å². The molecule has 10 heteroatoms. The van der Waals surface area contributed by atoms with Gasteiger partial charge in [0.2, 0.25) is 11.9 Å². The highest BCUT2D eigenvalue weighted by Crippen LogP contribution is 2.39. The Hall–Kier alpha value is -2.81. The fourth-order valence-corrected chi connectivity index (χ4v) is 3.81. The van der Waals surface area contributed by atoms with E-state index in [1.54, 1.807) is 9.30 Å². The summed E-state index contributed by atoms with van der Waals surface area (Å²) in [5.74, 6) is 1.19.